The summed E-state index contributed by atoms with van der Waals surface area (Å²) in [5.41, 5.74) is 2.15. The van der Waals surface area contributed by atoms with Gasteiger partial charge in [-0.1, -0.05) is 28.8 Å². The van der Waals surface area contributed by atoms with Crippen molar-refractivity contribution in [2.45, 2.75) is 94.7 Å². The number of benzene rings is 1. The molecule has 2 fully saturated rings. The van der Waals surface area contributed by atoms with Crippen LogP contribution in [0.3, 0.4) is 0 Å². The van der Waals surface area contributed by atoms with Crippen LogP contribution in [0.2, 0.25) is 0 Å². The van der Waals surface area contributed by atoms with Crippen LogP contribution in [0.25, 0.3) is 0 Å². The monoisotopic (exact) mass is 436 g/mol. The summed E-state index contributed by atoms with van der Waals surface area (Å²) in [6.07, 6.45) is 9.54. The van der Waals surface area contributed by atoms with E-state index in [2.05, 4.69) is 35.8 Å². The average Bonchev–Trinajstić information content (AvgIpc) is 2.55. The molecule has 0 saturated heterocycles. The lowest BCUT2D eigenvalue weighted by Gasteiger charge is -2.49. The van der Waals surface area contributed by atoms with Crippen LogP contribution in [-0.2, 0) is 5.41 Å². The van der Waals surface area contributed by atoms with Crippen molar-refractivity contribution >= 4 is 15.9 Å². The van der Waals surface area contributed by atoms with E-state index >= 15 is 0 Å². The molecule has 2 saturated carbocycles. The highest BCUT2D eigenvalue weighted by Gasteiger charge is 2.48. The first kappa shape index (κ1) is 19.6. The maximum Gasteiger partial charge on any atom is 0.127 e. The van der Waals surface area contributed by atoms with Crippen molar-refractivity contribution in [2.75, 3.05) is 5.33 Å². The summed E-state index contributed by atoms with van der Waals surface area (Å²) in [5.74, 6) is 1.78. The highest BCUT2D eigenvalue weighted by Crippen LogP contribution is 2.57. The van der Waals surface area contributed by atoms with Gasteiger partial charge in [0, 0.05) is 22.7 Å². The van der Waals surface area contributed by atoms with Gasteiger partial charge in [0.15, 0.2) is 0 Å². The molecule has 0 radical (unpaired) electrons. The number of phenolic OH excluding ortho intramolecular Hbond substituents is 1. The predicted molar refractivity (Wildman–Crippen MR) is 112 cm³/mol. The van der Waals surface area contributed by atoms with Crippen LogP contribution >= 0.6 is 15.9 Å². The van der Waals surface area contributed by atoms with Crippen molar-refractivity contribution in [1.29, 1.82) is 0 Å². The molecule has 1 aliphatic heterocycles. The summed E-state index contributed by atoms with van der Waals surface area (Å²) in [7, 11) is 0. The number of alkyl halides is 1. The molecule has 4 heteroatoms. The molecular weight excluding hydrogens is 404 g/mol. The first-order valence-corrected chi connectivity index (χ1v) is 11.8. The van der Waals surface area contributed by atoms with Crippen LogP contribution in [0.4, 0.5) is 0 Å². The van der Waals surface area contributed by atoms with Gasteiger partial charge in [0.1, 0.15) is 17.1 Å². The largest absolute Gasteiger partial charge is 0.508 e. The van der Waals surface area contributed by atoms with E-state index in [0.717, 1.165) is 35.9 Å². The van der Waals surface area contributed by atoms with Gasteiger partial charge in [0.05, 0.1) is 6.10 Å². The summed E-state index contributed by atoms with van der Waals surface area (Å²) in [6, 6.07) is 4.24. The Bertz CT molecular complexity index is 695. The number of aliphatic hydroxyl groups is 1. The Balaban J connectivity index is 1.70. The third-order valence-corrected chi connectivity index (χ3v) is 8.10. The Kier molecular flexibility index (Phi) is 5.26. The smallest absolute Gasteiger partial charge is 0.127 e. The topological polar surface area (TPSA) is 49.7 Å². The lowest BCUT2D eigenvalue weighted by atomic mass is 9.61. The molecule has 4 rings (SSSR count). The molecule has 1 aromatic carbocycles. The van der Waals surface area contributed by atoms with E-state index in [0.29, 0.717) is 11.7 Å². The molecule has 2 aliphatic carbocycles. The fourth-order valence-corrected chi connectivity index (χ4v) is 6.27. The Hall–Kier alpha value is -0.740. The normalized spacial score (nSPS) is 30.6. The van der Waals surface area contributed by atoms with Crippen molar-refractivity contribution in [1.82, 2.24) is 0 Å². The molecule has 3 nitrogen and oxygen atoms in total. The first-order valence-electron chi connectivity index (χ1n) is 10.7. The molecule has 0 bridgehead atoms. The molecule has 3 atom stereocenters. The Morgan fingerprint density at radius 2 is 1.96 bits per heavy atom. The highest BCUT2D eigenvalue weighted by molar-refractivity contribution is 9.09. The quantitative estimate of drug-likeness (QED) is 0.453. The number of rotatable bonds is 5. The summed E-state index contributed by atoms with van der Waals surface area (Å²) in [6.45, 7) is 4.34. The Labute approximate surface area is 171 Å². The molecule has 2 N–H and O–H groups in total. The number of fused-ring (bicyclic) bond motifs is 3. The van der Waals surface area contributed by atoms with Gasteiger partial charge in [0.2, 0.25) is 0 Å². The van der Waals surface area contributed by atoms with Crippen molar-refractivity contribution < 1.29 is 14.9 Å². The Morgan fingerprint density at radius 3 is 2.63 bits per heavy atom. The minimum atomic E-state index is -0.269. The summed E-state index contributed by atoms with van der Waals surface area (Å²) >= 11 is 3.54. The molecule has 0 aromatic heterocycles. The maximum atomic E-state index is 11.0. The molecule has 0 amide bonds. The lowest BCUT2D eigenvalue weighted by Crippen LogP contribution is -2.47. The van der Waals surface area contributed by atoms with Gasteiger partial charge in [0.25, 0.3) is 0 Å². The van der Waals surface area contributed by atoms with Gasteiger partial charge in [-0.3, -0.25) is 0 Å². The van der Waals surface area contributed by atoms with Crippen molar-refractivity contribution in [3.05, 3.63) is 23.3 Å². The minimum Gasteiger partial charge on any atom is -0.508 e. The SMILES string of the molecule is CC1(C)Oc2cc(C3(CCCCBr)CCC3)cc(O)c2[C@@H]2C[C@H](O)CC[C@H]21. The van der Waals surface area contributed by atoms with E-state index < -0.39 is 0 Å². The Morgan fingerprint density at radius 1 is 1.19 bits per heavy atom. The summed E-state index contributed by atoms with van der Waals surface area (Å²) < 4.78 is 6.49. The minimum absolute atomic E-state index is 0.187. The lowest BCUT2D eigenvalue weighted by molar-refractivity contribution is -0.0318. The van der Waals surface area contributed by atoms with Crippen LogP contribution in [0, 0.1) is 5.92 Å². The van der Waals surface area contributed by atoms with Gasteiger partial charge < -0.3 is 14.9 Å². The number of unbranched alkanes of at least 4 members (excludes halogenated alkanes) is 1. The second-order valence-corrected chi connectivity index (χ2v) is 10.4. The zero-order valence-corrected chi connectivity index (χ0v) is 18.2. The van der Waals surface area contributed by atoms with Crippen LogP contribution in [0.15, 0.2) is 12.1 Å². The number of ether oxygens (including phenoxy) is 1. The van der Waals surface area contributed by atoms with Crippen molar-refractivity contribution in [3.63, 3.8) is 0 Å². The van der Waals surface area contributed by atoms with E-state index in [9.17, 15) is 10.2 Å². The fraction of sp³-hybridized carbons (Fsp3) is 0.739. The van der Waals surface area contributed by atoms with E-state index in [-0.39, 0.29) is 23.0 Å². The zero-order chi connectivity index (χ0) is 19.2. The van der Waals surface area contributed by atoms with Crippen molar-refractivity contribution in [3.8, 4) is 11.5 Å². The second-order valence-electron chi connectivity index (χ2n) is 9.57. The predicted octanol–water partition coefficient (Wildman–Crippen LogP) is 5.79. The first-order chi connectivity index (χ1) is 12.9. The van der Waals surface area contributed by atoms with E-state index in [1.165, 1.54) is 44.1 Å². The van der Waals surface area contributed by atoms with Crippen LogP contribution in [0.1, 0.15) is 88.7 Å². The van der Waals surface area contributed by atoms with Crippen LogP contribution in [-0.4, -0.2) is 27.2 Å². The molecule has 27 heavy (non-hydrogen) atoms. The molecule has 1 heterocycles. The number of hydrogen-bond donors (Lipinski definition) is 2. The van der Waals surface area contributed by atoms with Crippen LogP contribution < -0.4 is 4.74 Å². The van der Waals surface area contributed by atoms with E-state index in [1.54, 1.807) is 0 Å². The van der Waals surface area contributed by atoms with Gasteiger partial charge in [-0.2, -0.15) is 0 Å². The third-order valence-electron chi connectivity index (χ3n) is 7.54. The molecular formula is C23H33BrO3. The molecule has 150 valence electrons. The summed E-state index contributed by atoms with van der Waals surface area (Å²) in [4.78, 5) is 0. The number of hydrogen-bond acceptors (Lipinski definition) is 3. The van der Waals surface area contributed by atoms with Crippen LogP contribution in [0.5, 0.6) is 11.5 Å². The zero-order valence-electron chi connectivity index (χ0n) is 16.6. The molecule has 0 unspecified atom stereocenters. The van der Waals surface area contributed by atoms with Crippen molar-refractivity contribution in [2.24, 2.45) is 5.92 Å². The van der Waals surface area contributed by atoms with E-state index in [1.807, 2.05) is 6.07 Å². The van der Waals surface area contributed by atoms with Gasteiger partial charge in [-0.15, -0.1) is 0 Å². The van der Waals surface area contributed by atoms with Gasteiger partial charge in [-0.05, 0) is 81.9 Å². The number of phenols is 1. The number of aliphatic hydroxyl groups excluding tert-OH is 1. The maximum absolute atomic E-state index is 11.0. The van der Waals surface area contributed by atoms with E-state index in [4.69, 9.17) is 4.74 Å². The standard InChI is InChI=1S/C23H33BrO3/c1-22(2)18-7-6-16(25)14-17(18)21-19(26)12-15(13-20(21)27-22)23(9-5-10-23)8-3-4-11-24/h12-13,16-18,25-26H,3-11,14H2,1-2H3/t16-,17-,18-/m1/s1. The van der Waals surface area contributed by atoms with Gasteiger partial charge in [-0.25, -0.2) is 0 Å². The van der Waals surface area contributed by atoms with Gasteiger partial charge >= 0.3 is 0 Å². The third kappa shape index (κ3) is 3.42. The number of halogens is 1. The highest BCUT2D eigenvalue weighted by atomic mass is 79.9. The average molecular weight is 437 g/mol. The molecule has 3 aliphatic rings. The second kappa shape index (κ2) is 7.26. The molecule has 0 spiro atoms. The summed E-state index contributed by atoms with van der Waals surface area (Å²) in [5, 5.41) is 22.3. The fourth-order valence-electron chi connectivity index (χ4n) is 5.88. The number of aromatic hydroxyl groups is 1. The molecule has 1 aromatic rings.